The first-order chi connectivity index (χ1) is 8.46. The zero-order chi connectivity index (χ0) is 13.2. The first kappa shape index (κ1) is 12.9. The van der Waals surface area contributed by atoms with Crippen LogP contribution in [0.15, 0.2) is 30.5 Å². The highest BCUT2D eigenvalue weighted by Crippen LogP contribution is 2.19. The minimum atomic E-state index is -1.75. The molecule has 0 aliphatic rings. The third-order valence-corrected chi connectivity index (χ3v) is 3.53. The number of nitrogens with one attached hydrogen (secondary N) is 1. The molecular weight excluding hydrogens is 242 g/mol. The second-order valence-electron chi connectivity index (χ2n) is 5.45. The summed E-state index contributed by atoms with van der Waals surface area (Å²) < 4.78 is 5.44. The highest BCUT2D eigenvalue weighted by atomic mass is 28.4. The summed E-state index contributed by atoms with van der Waals surface area (Å²) in [5, 5.41) is 1.19. The number of carbonyl (C=O) groups excluding carboxylic acids is 1. The largest absolute Gasteiger partial charge is 0.520 e. The van der Waals surface area contributed by atoms with Crippen LogP contribution in [0.5, 0.6) is 0 Å². The van der Waals surface area contributed by atoms with Crippen molar-refractivity contribution in [3.8, 4) is 0 Å². The molecule has 2 aromatic rings. The maximum absolute atomic E-state index is 11.7. The number of H-pyrrole nitrogens is 1. The molecule has 0 amide bonds. The number of fused-ring (bicyclic) bond motifs is 1. The summed E-state index contributed by atoms with van der Waals surface area (Å²) >= 11 is 0. The molecule has 0 spiro atoms. The predicted molar refractivity (Wildman–Crippen MR) is 76.1 cm³/mol. The van der Waals surface area contributed by atoms with Crippen LogP contribution in [0.25, 0.3) is 10.9 Å². The lowest BCUT2D eigenvalue weighted by atomic mass is 10.1. The summed E-state index contributed by atoms with van der Waals surface area (Å²) in [6.45, 7) is 6.07. The Morgan fingerprint density at radius 3 is 2.72 bits per heavy atom. The van der Waals surface area contributed by atoms with Crippen LogP contribution in [0.3, 0.4) is 0 Å². The second-order valence-corrected chi connectivity index (χ2v) is 9.87. The van der Waals surface area contributed by atoms with E-state index >= 15 is 0 Å². The maximum Gasteiger partial charge on any atom is 0.292 e. The van der Waals surface area contributed by atoms with Gasteiger partial charge in [-0.05, 0) is 37.7 Å². The van der Waals surface area contributed by atoms with Crippen LogP contribution < -0.4 is 0 Å². The Morgan fingerprint density at radius 1 is 1.28 bits per heavy atom. The third kappa shape index (κ3) is 3.23. The third-order valence-electron chi connectivity index (χ3n) is 2.69. The molecule has 0 aliphatic heterocycles. The van der Waals surface area contributed by atoms with Gasteiger partial charge >= 0.3 is 0 Å². The number of aromatic nitrogens is 1. The SMILES string of the molecule is C[Si](C)(C)OC(=O)CCc1c[nH]c2ccccc12. The first-order valence-corrected chi connectivity index (χ1v) is 9.63. The quantitative estimate of drug-likeness (QED) is 0.856. The van der Waals surface area contributed by atoms with Crippen molar-refractivity contribution in [1.82, 2.24) is 4.98 Å². The second kappa shape index (κ2) is 4.98. The van der Waals surface area contributed by atoms with Gasteiger partial charge < -0.3 is 9.41 Å². The molecule has 0 radical (unpaired) electrons. The molecule has 1 heterocycles. The lowest BCUT2D eigenvalue weighted by molar-refractivity contribution is -0.135. The van der Waals surface area contributed by atoms with Gasteiger partial charge in [0.25, 0.3) is 5.97 Å². The number of carbonyl (C=O) groups is 1. The summed E-state index contributed by atoms with van der Waals surface area (Å²) in [6.07, 6.45) is 3.16. The molecule has 1 aromatic carbocycles. The van der Waals surface area contributed by atoms with E-state index in [-0.39, 0.29) is 5.97 Å². The van der Waals surface area contributed by atoms with Gasteiger partial charge in [-0.15, -0.1) is 0 Å². The molecule has 96 valence electrons. The fraction of sp³-hybridized carbons (Fsp3) is 0.357. The standard InChI is InChI=1S/C14H19NO2Si/c1-18(2,3)17-14(16)9-8-11-10-15-13-7-5-4-6-12(11)13/h4-7,10,15H,8-9H2,1-3H3. The van der Waals surface area contributed by atoms with Crippen molar-refractivity contribution in [2.45, 2.75) is 32.5 Å². The predicted octanol–water partition coefficient (Wildman–Crippen LogP) is 3.48. The van der Waals surface area contributed by atoms with Crippen LogP contribution in [0.1, 0.15) is 12.0 Å². The molecule has 1 aromatic heterocycles. The van der Waals surface area contributed by atoms with Crippen molar-refractivity contribution >= 4 is 25.2 Å². The average Bonchev–Trinajstić information content (AvgIpc) is 2.67. The van der Waals surface area contributed by atoms with Gasteiger partial charge in [0, 0.05) is 23.5 Å². The molecule has 0 saturated heterocycles. The van der Waals surface area contributed by atoms with E-state index in [4.69, 9.17) is 4.43 Å². The summed E-state index contributed by atoms with van der Waals surface area (Å²) in [7, 11) is -1.75. The number of hydrogen-bond donors (Lipinski definition) is 1. The van der Waals surface area contributed by atoms with Crippen molar-refractivity contribution in [3.63, 3.8) is 0 Å². The topological polar surface area (TPSA) is 42.1 Å². The molecule has 0 fully saturated rings. The van der Waals surface area contributed by atoms with Gasteiger partial charge in [0.05, 0.1) is 0 Å². The number of rotatable bonds is 4. The van der Waals surface area contributed by atoms with Crippen LogP contribution >= 0.6 is 0 Å². The number of aryl methyl sites for hydroxylation is 1. The van der Waals surface area contributed by atoms with Gasteiger partial charge in [-0.2, -0.15) is 0 Å². The van der Waals surface area contributed by atoms with Gasteiger partial charge in [0.2, 0.25) is 8.32 Å². The van der Waals surface area contributed by atoms with E-state index in [0.29, 0.717) is 6.42 Å². The summed E-state index contributed by atoms with van der Waals surface area (Å²) in [6, 6.07) is 8.13. The van der Waals surface area contributed by atoms with Crippen molar-refractivity contribution in [2.75, 3.05) is 0 Å². The number of benzene rings is 1. The van der Waals surface area contributed by atoms with Crippen molar-refractivity contribution in [3.05, 3.63) is 36.0 Å². The van der Waals surface area contributed by atoms with E-state index < -0.39 is 8.32 Å². The number of hydrogen-bond acceptors (Lipinski definition) is 2. The van der Waals surface area contributed by atoms with E-state index in [2.05, 4.69) is 11.1 Å². The minimum Gasteiger partial charge on any atom is -0.520 e. The Balaban J connectivity index is 2.00. The van der Waals surface area contributed by atoms with Gasteiger partial charge in [-0.3, -0.25) is 4.79 Å². The molecular formula is C14H19NO2Si. The van der Waals surface area contributed by atoms with E-state index in [1.54, 1.807) is 0 Å². The van der Waals surface area contributed by atoms with E-state index in [1.807, 2.05) is 44.0 Å². The fourth-order valence-electron chi connectivity index (χ4n) is 1.97. The smallest absolute Gasteiger partial charge is 0.292 e. The molecule has 3 nitrogen and oxygen atoms in total. The average molecular weight is 261 g/mol. The normalized spacial score (nSPS) is 11.7. The van der Waals surface area contributed by atoms with Gasteiger partial charge in [0.15, 0.2) is 0 Å². The van der Waals surface area contributed by atoms with Crippen molar-refractivity contribution in [2.24, 2.45) is 0 Å². The van der Waals surface area contributed by atoms with Crippen LogP contribution in [0.4, 0.5) is 0 Å². The highest BCUT2D eigenvalue weighted by molar-refractivity contribution is 6.71. The van der Waals surface area contributed by atoms with Crippen LogP contribution in [-0.4, -0.2) is 19.3 Å². The van der Waals surface area contributed by atoms with Crippen molar-refractivity contribution < 1.29 is 9.22 Å². The van der Waals surface area contributed by atoms with Crippen LogP contribution in [-0.2, 0) is 15.6 Å². The Labute approximate surface area is 108 Å². The molecule has 0 saturated carbocycles. The molecule has 1 N–H and O–H groups in total. The lowest BCUT2D eigenvalue weighted by Crippen LogP contribution is -2.29. The van der Waals surface area contributed by atoms with Crippen LogP contribution in [0, 0.1) is 0 Å². The summed E-state index contributed by atoms with van der Waals surface area (Å²) in [5.74, 6) is -0.0838. The molecule has 0 unspecified atom stereocenters. The molecule has 0 aliphatic carbocycles. The fourth-order valence-corrected chi connectivity index (χ4v) is 2.75. The van der Waals surface area contributed by atoms with E-state index in [0.717, 1.165) is 11.9 Å². The first-order valence-electron chi connectivity index (χ1n) is 6.22. The molecule has 2 rings (SSSR count). The zero-order valence-corrected chi connectivity index (χ0v) is 12.1. The zero-order valence-electron chi connectivity index (χ0n) is 11.1. The summed E-state index contributed by atoms with van der Waals surface area (Å²) in [4.78, 5) is 14.9. The monoisotopic (exact) mass is 261 g/mol. The Morgan fingerprint density at radius 2 is 2.00 bits per heavy atom. The van der Waals surface area contributed by atoms with Gasteiger partial charge in [-0.1, -0.05) is 18.2 Å². The molecule has 18 heavy (non-hydrogen) atoms. The number of aromatic amines is 1. The minimum absolute atomic E-state index is 0.0838. The van der Waals surface area contributed by atoms with E-state index in [1.165, 1.54) is 10.9 Å². The number of para-hydroxylation sites is 1. The molecule has 0 atom stereocenters. The van der Waals surface area contributed by atoms with Gasteiger partial charge in [0.1, 0.15) is 0 Å². The maximum atomic E-state index is 11.7. The highest BCUT2D eigenvalue weighted by Gasteiger charge is 2.19. The van der Waals surface area contributed by atoms with Crippen molar-refractivity contribution in [1.29, 1.82) is 0 Å². The molecule has 4 heteroatoms. The lowest BCUT2D eigenvalue weighted by Gasteiger charge is -2.17. The molecule has 0 bridgehead atoms. The Bertz CT molecular complexity index is 554. The van der Waals surface area contributed by atoms with Crippen LogP contribution in [0.2, 0.25) is 19.6 Å². The van der Waals surface area contributed by atoms with E-state index in [9.17, 15) is 4.79 Å². The summed E-state index contributed by atoms with van der Waals surface area (Å²) in [5.41, 5.74) is 2.30. The Hall–Kier alpha value is -1.55. The van der Waals surface area contributed by atoms with Gasteiger partial charge in [-0.25, -0.2) is 0 Å². The Kier molecular flexibility index (Phi) is 3.57.